The monoisotopic (exact) mass is 454 g/mol. The summed E-state index contributed by atoms with van der Waals surface area (Å²) in [5, 5.41) is 2.81. The Bertz CT molecular complexity index is 1160. The van der Waals surface area contributed by atoms with E-state index in [1.54, 1.807) is 18.2 Å². The quantitative estimate of drug-likeness (QED) is 0.485. The minimum atomic E-state index is -3.71. The summed E-state index contributed by atoms with van der Waals surface area (Å²) < 4.78 is 28.0. The van der Waals surface area contributed by atoms with Crippen LogP contribution in [0.5, 0.6) is 0 Å². The molecular formula is C24H26N2O3S2. The SMILES string of the molecule is Cc1ccc(CSCC(=O)Nc2ccc(S(=O)(=O)Nc3ccc(C)cc3C)cc2)cc1. The number of hydrogen-bond donors (Lipinski definition) is 2. The van der Waals surface area contributed by atoms with E-state index in [1.807, 2.05) is 32.9 Å². The first-order valence-corrected chi connectivity index (χ1v) is 12.5. The van der Waals surface area contributed by atoms with Crippen molar-refractivity contribution in [2.75, 3.05) is 15.8 Å². The summed E-state index contributed by atoms with van der Waals surface area (Å²) in [6.07, 6.45) is 0. The summed E-state index contributed by atoms with van der Waals surface area (Å²) in [5.41, 5.74) is 5.42. The van der Waals surface area contributed by atoms with E-state index in [4.69, 9.17) is 0 Å². The Morgan fingerprint density at radius 1 is 0.871 bits per heavy atom. The van der Waals surface area contributed by atoms with Crippen molar-refractivity contribution < 1.29 is 13.2 Å². The van der Waals surface area contributed by atoms with Crippen LogP contribution in [0.1, 0.15) is 22.3 Å². The summed E-state index contributed by atoms with van der Waals surface area (Å²) in [6, 6.07) is 19.9. The molecule has 0 heterocycles. The van der Waals surface area contributed by atoms with Crippen LogP contribution in [0, 0.1) is 20.8 Å². The molecule has 0 unspecified atom stereocenters. The Balaban J connectivity index is 1.55. The standard InChI is InChI=1S/C24H26N2O3S2/c1-17-4-7-20(8-5-17)15-30-16-24(27)25-21-9-11-22(12-10-21)31(28,29)26-23-13-6-18(2)14-19(23)3/h4-14,26H,15-16H2,1-3H3,(H,25,27). The van der Waals surface area contributed by atoms with E-state index in [0.29, 0.717) is 17.1 Å². The van der Waals surface area contributed by atoms with Crippen LogP contribution in [0.25, 0.3) is 0 Å². The molecule has 5 nitrogen and oxygen atoms in total. The van der Waals surface area contributed by atoms with E-state index < -0.39 is 10.0 Å². The van der Waals surface area contributed by atoms with Crippen LogP contribution in [-0.4, -0.2) is 20.1 Å². The van der Waals surface area contributed by atoms with Crippen LogP contribution in [-0.2, 0) is 20.6 Å². The zero-order chi connectivity index (χ0) is 22.4. The molecule has 3 rings (SSSR count). The zero-order valence-electron chi connectivity index (χ0n) is 17.8. The van der Waals surface area contributed by atoms with Gasteiger partial charge in [0.1, 0.15) is 0 Å². The lowest BCUT2D eigenvalue weighted by atomic mass is 10.1. The molecule has 1 amide bonds. The predicted octanol–water partition coefficient (Wildman–Crippen LogP) is 5.28. The van der Waals surface area contributed by atoms with Gasteiger partial charge in [0.25, 0.3) is 10.0 Å². The van der Waals surface area contributed by atoms with Crippen LogP contribution in [0.2, 0.25) is 0 Å². The number of rotatable bonds is 8. The Hall–Kier alpha value is -2.77. The van der Waals surface area contributed by atoms with E-state index in [1.165, 1.54) is 35.0 Å². The van der Waals surface area contributed by atoms with Crippen molar-refractivity contribution in [3.63, 3.8) is 0 Å². The molecule has 0 spiro atoms. The Morgan fingerprint density at radius 3 is 2.16 bits per heavy atom. The summed E-state index contributed by atoms with van der Waals surface area (Å²) in [7, 11) is -3.71. The lowest BCUT2D eigenvalue weighted by Gasteiger charge is -2.12. The molecule has 0 fully saturated rings. The number of sulfonamides is 1. The van der Waals surface area contributed by atoms with Gasteiger partial charge in [-0.25, -0.2) is 8.42 Å². The summed E-state index contributed by atoms with van der Waals surface area (Å²) in [6.45, 7) is 5.86. The third-order valence-corrected chi connectivity index (χ3v) is 7.08. The lowest BCUT2D eigenvalue weighted by Crippen LogP contribution is -2.15. The minimum Gasteiger partial charge on any atom is -0.325 e. The first kappa shape index (κ1) is 22.9. The van der Waals surface area contributed by atoms with E-state index in [-0.39, 0.29) is 10.8 Å². The summed E-state index contributed by atoms with van der Waals surface area (Å²) in [5.74, 6) is 0.957. The van der Waals surface area contributed by atoms with Crippen molar-refractivity contribution in [1.82, 2.24) is 0 Å². The highest BCUT2D eigenvalue weighted by atomic mass is 32.2. The van der Waals surface area contributed by atoms with Crippen LogP contribution < -0.4 is 10.0 Å². The Labute approximate surface area is 188 Å². The highest BCUT2D eigenvalue weighted by Crippen LogP contribution is 2.22. The molecule has 0 aliphatic rings. The number of nitrogens with one attached hydrogen (secondary N) is 2. The minimum absolute atomic E-state index is 0.124. The second-order valence-corrected chi connectivity index (χ2v) is 10.1. The maximum absolute atomic E-state index is 12.7. The molecule has 0 aliphatic carbocycles. The highest BCUT2D eigenvalue weighted by Gasteiger charge is 2.15. The van der Waals surface area contributed by atoms with Gasteiger partial charge >= 0.3 is 0 Å². The van der Waals surface area contributed by atoms with Crippen molar-refractivity contribution in [2.45, 2.75) is 31.4 Å². The van der Waals surface area contributed by atoms with Gasteiger partial charge in [-0.15, -0.1) is 11.8 Å². The normalized spacial score (nSPS) is 11.2. The number of aryl methyl sites for hydroxylation is 3. The number of hydrogen-bond acceptors (Lipinski definition) is 4. The van der Waals surface area contributed by atoms with Gasteiger partial charge in [-0.1, -0.05) is 47.5 Å². The van der Waals surface area contributed by atoms with Gasteiger partial charge in [0, 0.05) is 11.4 Å². The van der Waals surface area contributed by atoms with Crippen molar-refractivity contribution in [1.29, 1.82) is 0 Å². The van der Waals surface area contributed by atoms with Crippen LogP contribution >= 0.6 is 11.8 Å². The molecule has 31 heavy (non-hydrogen) atoms. The van der Waals surface area contributed by atoms with Gasteiger partial charge in [0.15, 0.2) is 0 Å². The Kier molecular flexibility index (Phi) is 7.41. The van der Waals surface area contributed by atoms with Crippen LogP contribution in [0.3, 0.4) is 0 Å². The van der Waals surface area contributed by atoms with Crippen molar-refractivity contribution in [3.05, 3.63) is 89.0 Å². The fourth-order valence-corrected chi connectivity index (χ4v) is 4.91. The first-order valence-electron chi connectivity index (χ1n) is 9.86. The molecule has 0 aliphatic heterocycles. The number of carbonyl (C=O) groups excluding carboxylic acids is 1. The number of thioether (sulfide) groups is 1. The second kappa shape index (κ2) is 10.0. The molecule has 3 aromatic carbocycles. The first-order chi connectivity index (χ1) is 14.7. The predicted molar refractivity (Wildman–Crippen MR) is 129 cm³/mol. The van der Waals surface area contributed by atoms with Gasteiger partial charge in [0.2, 0.25) is 5.91 Å². The zero-order valence-corrected chi connectivity index (χ0v) is 19.4. The van der Waals surface area contributed by atoms with Crippen molar-refractivity contribution >= 4 is 39.1 Å². The fraction of sp³-hybridized carbons (Fsp3) is 0.208. The maximum Gasteiger partial charge on any atom is 0.261 e. The number of carbonyl (C=O) groups is 1. The molecule has 3 aromatic rings. The smallest absolute Gasteiger partial charge is 0.261 e. The number of amides is 1. The average molecular weight is 455 g/mol. The van der Waals surface area contributed by atoms with Gasteiger partial charge in [-0.2, -0.15) is 0 Å². The average Bonchev–Trinajstić information content (AvgIpc) is 2.72. The molecule has 2 N–H and O–H groups in total. The largest absolute Gasteiger partial charge is 0.325 e. The van der Waals surface area contributed by atoms with E-state index in [2.05, 4.69) is 34.3 Å². The second-order valence-electron chi connectivity index (χ2n) is 7.47. The molecule has 0 radical (unpaired) electrons. The van der Waals surface area contributed by atoms with E-state index in [0.717, 1.165) is 16.9 Å². The summed E-state index contributed by atoms with van der Waals surface area (Å²) >= 11 is 1.53. The number of benzene rings is 3. The van der Waals surface area contributed by atoms with Crippen molar-refractivity contribution in [3.8, 4) is 0 Å². The van der Waals surface area contributed by atoms with Gasteiger partial charge < -0.3 is 5.32 Å². The molecule has 7 heteroatoms. The molecule has 0 atom stereocenters. The van der Waals surface area contributed by atoms with Crippen LogP contribution in [0.4, 0.5) is 11.4 Å². The maximum atomic E-state index is 12.7. The van der Waals surface area contributed by atoms with Gasteiger partial charge in [0.05, 0.1) is 16.3 Å². The molecule has 0 saturated carbocycles. The van der Waals surface area contributed by atoms with E-state index in [9.17, 15) is 13.2 Å². The van der Waals surface area contributed by atoms with Gasteiger partial charge in [-0.3, -0.25) is 9.52 Å². The van der Waals surface area contributed by atoms with E-state index >= 15 is 0 Å². The fourth-order valence-electron chi connectivity index (χ4n) is 2.99. The Morgan fingerprint density at radius 2 is 1.52 bits per heavy atom. The number of anilines is 2. The third-order valence-electron chi connectivity index (χ3n) is 4.70. The molecule has 0 bridgehead atoms. The van der Waals surface area contributed by atoms with Crippen LogP contribution in [0.15, 0.2) is 71.6 Å². The molecular weight excluding hydrogens is 428 g/mol. The lowest BCUT2D eigenvalue weighted by molar-refractivity contribution is -0.113. The van der Waals surface area contributed by atoms with Gasteiger partial charge in [-0.05, 0) is 62.2 Å². The molecule has 0 saturated heterocycles. The molecule has 0 aromatic heterocycles. The third kappa shape index (κ3) is 6.60. The topological polar surface area (TPSA) is 75.3 Å². The summed E-state index contributed by atoms with van der Waals surface area (Å²) in [4.78, 5) is 12.3. The molecule has 162 valence electrons. The van der Waals surface area contributed by atoms with Crippen molar-refractivity contribution in [2.24, 2.45) is 0 Å². The highest BCUT2D eigenvalue weighted by molar-refractivity contribution is 7.99.